The van der Waals surface area contributed by atoms with Gasteiger partial charge in [0.05, 0.1) is 28.5 Å². The van der Waals surface area contributed by atoms with Crippen molar-refractivity contribution in [1.29, 1.82) is 0 Å². The van der Waals surface area contributed by atoms with Gasteiger partial charge >= 0.3 is 6.18 Å². The number of amides is 1. The van der Waals surface area contributed by atoms with E-state index in [0.717, 1.165) is 17.1 Å². The summed E-state index contributed by atoms with van der Waals surface area (Å²) in [5, 5.41) is 4.13. The number of carbonyl (C=O) groups excluding carboxylic acids is 1. The SMILES string of the molecule is NC(=O)c1cnc(-c2cnc3c(Nc4ccc5ccccc5n4)ccnc3n2)c(C(F)(F)F)c1. The van der Waals surface area contributed by atoms with Crippen LogP contribution in [0.3, 0.4) is 0 Å². The fraction of sp³-hybridized carbons (Fsp3) is 0.0435. The molecule has 0 atom stereocenters. The summed E-state index contributed by atoms with van der Waals surface area (Å²) in [6.45, 7) is 0. The summed E-state index contributed by atoms with van der Waals surface area (Å²) in [6.07, 6.45) is -1.19. The van der Waals surface area contributed by atoms with Crippen LogP contribution >= 0.6 is 0 Å². The third kappa shape index (κ3) is 3.94. The normalized spacial score (nSPS) is 11.6. The highest BCUT2D eigenvalue weighted by molar-refractivity contribution is 5.93. The van der Waals surface area contributed by atoms with E-state index in [4.69, 9.17) is 5.73 Å². The maximum absolute atomic E-state index is 13.6. The highest BCUT2D eigenvalue weighted by Gasteiger charge is 2.36. The minimum absolute atomic E-state index is 0.109. The molecule has 8 nitrogen and oxygen atoms in total. The van der Waals surface area contributed by atoms with Crippen LogP contribution < -0.4 is 11.1 Å². The van der Waals surface area contributed by atoms with Crippen molar-refractivity contribution in [1.82, 2.24) is 24.9 Å². The van der Waals surface area contributed by atoms with Crippen molar-refractivity contribution >= 4 is 39.5 Å². The van der Waals surface area contributed by atoms with E-state index in [9.17, 15) is 18.0 Å². The van der Waals surface area contributed by atoms with E-state index in [1.54, 1.807) is 12.1 Å². The minimum Gasteiger partial charge on any atom is -0.366 e. The van der Waals surface area contributed by atoms with Crippen molar-refractivity contribution in [3.8, 4) is 11.4 Å². The number of nitrogens with zero attached hydrogens (tertiary/aromatic N) is 5. The van der Waals surface area contributed by atoms with Gasteiger partial charge in [0.1, 0.15) is 22.7 Å². The summed E-state index contributed by atoms with van der Waals surface area (Å²) in [4.78, 5) is 32.3. The first-order chi connectivity index (χ1) is 16.3. The maximum atomic E-state index is 13.6. The van der Waals surface area contributed by atoms with Crippen molar-refractivity contribution in [2.45, 2.75) is 6.18 Å². The van der Waals surface area contributed by atoms with E-state index in [1.807, 2.05) is 30.3 Å². The topological polar surface area (TPSA) is 120 Å². The number of carbonyl (C=O) groups is 1. The van der Waals surface area contributed by atoms with Crippen LogP contribution in [0.2, 0.25) is 0 Å². The number of rotatable bonds is 4. The Labute approximate surface area is 189 Å². The van der Waals surface area contributed by atoms with E-state index in [0.29, 0.717) is 23.1 Å². The summed E-state index contributed by atoms with van der Waals surface area (Å²) in [5.41, 5.74) is 4.73. The molecule has 0 saturated heterocycles. The molecule has 5 rings (SSSR count). The third-order valence-electron chi connectivity index (χ3n) is 5.03. The lowest BCUT2D eigenvalue weighted by atomic mass is 10.1. The van der Waals surface area contributed by atoms with Gasteiger partial charge in [0.25, 0.3) is 0 Å². The quantitative estimate of drug-likeness (QED) is 0.404. The molecule has 0 aliphatic heterocycles. The zero-order valence-electron chi connectivity index (χ0n) is 17.2. The van der Waals surface area contributed by atoms with E-state index in [1.165, 1.54) is 12.4 Å². The number of primary amides is 1. The molecule has 3 N–H and O–H groups in total. The molecule has 0 aliphatic carbocycles. The summed E-state index contributed by atoms with van der Waals surface area (Å²) in [5.74, 6) is -0.464. The van der Waals surface area contributed by atoms with Gasteiger partial charge in [-0.3, -0.25) is 9.78 Å². The second kappa shape index (κ2) is 8.03. The van der Waals surface area contributed by atoms with Crippen LogP contribution in [-0.4, -0.2) is 30.8 Å². The summed E-state index contributed by atoms with van der Waals surface area (Å²) in [6, 6.07) is 13.6. The number of pyridine rings is 3. The zero-order valence-corrected chi connectivity index (χ0v) is 17.2. The van der Waals surface area contributed by atoms with E-state index >= 15 is 0 Å². The minimum atomic E-state index is -4.79. The number of nitrogens with two attached hydrogens (primary N) is 1. The Balaban J connectivity index is 1.56. The summed E-state index contributed by atoms with van der Waals surface area (Å²) in [7, 11) is 0. The van der Waals surface area contributed by atoms with E-state index < -0.39 is 23.3 Å². The number of anilines is 2. The van der Waals surface area contributed by atoms with Crippen LogP contribution in [0.1, 0.15) is 15.9 Å². The summed E-state index contributed by atoms with van der Waals surface area (Å²) >= 11 is 0. The van der Waals surface area contributed by atoms with Crippen LogP contribution in [0.4, 0.5) is 24.7 Å². The Bertz CT molecular complexity index is 1570. The Morgan fingerprint density at radius 3 is 2.56 bits per heavy atom. The standard InChI is InChI=1S/C23H14F3N7O/c24-23(25,26)14-9-13(21(27)34)10-29-19(14)17-11-30-20-16(7-8-28-22(20)33-17)32-18-6-5-12-3-1-2-4-15(12)31-18/h1-11H,(H2,27,34)(H,28,31,32,33). The van der Waals surface area contributed by atoms with Gasteiger partial charge in [0.2, 0.25) is 5.91 Å². The molecule has 5 aromatic rings. The van der Waals surface area contributed by atoms with Crippen molar-refractivity contribution in [3.63, 3.8) is 0 Å². The monoisotopic (exact) mass is 461 g/mol. The first-order valence-electron chi connectivity index (χ1n) is 9.91. The largest absolute Gasteiger partial charge is 0.418 e. The highest BCUT2D eigenvalue weighted by Crippen LogP contribution is 2.36. The Morgan fingerprint density at radius 1 is 0.941 bits per heavy atom. The van der Waals surface area contributed by atoms with Gasteiger partial charge in [-0.15, -0.1) is 0 Å². The molecule has 1 amide bonds. The van der Waals surface area contributed by atoms with Gasteiger partial charge in [-0.1, -0.05) is 18.2 Å². The molecule has 0 unspecified atom stereocenters. The van der Waals surface area contributed by atoms with Crippen LogP contribution in [0.25, 0.3) is 33.5 Å². The van der Waals surface area contributed by atoms with Gasteiger partial charge in [-0.2, -0.15) is 13.2 Å². The van der Waals surface area contributed by atoms with Crippen LogP contribution in [0, 0.1) is 0 Å². The number of hydrogen-bond acceptors (Lipinski definition) is 7. The average molecular weight is 461 g/mol. The number of nitrogens with one attached hydrogen (secondary N) is 1. The van der Waals surface area contributed by atoms with Crippen molar-refractivity contribution in [2.75, 3.05) is 5.32 Å². The molecule has 0 fully saturated rings. The second-order valence-corrected chi connectivity index (χ2v) is 7.28. The molecular weight excluding hydrogens is 447 g/mol. The third-order valence-corrected chi connectivity index (χ3v) is 5.03. The molecule has 11 heteroatoms. The van der Waals surface area contributed by atoms with Crippen molar-refractivity contribution in [2.24, 2.45) is 5.73 Å². The van der Waals surface area contributed by atoms with Crippen LogP contribution in [0.5, 0.6) is 0 Å². The lowest BCUT2D eigenvalue weighted by Gasteiger charge is -2.13. The number of benzene rings is 1. The predicted octanol–water partition coefficient (Wildman–Crippen LogP) is 4.50. The second-order valence-electron chi connectivity index (χ2n) is 7.28. The summed E-state index contributed by atoms with van der Waals surface area (Å²) < 4.78 is 40.9. The fourth-order valence-corrected chi connectivity index (χ4v) is 3.43. The van der Waals surface area contributed by atoms with Crippen LogP contribution in [-0.2, 0) is 6.18 Å². The molecule has 4 aromatic heterocycles. The molecule has 0 aliphatic rings. The molecule has 0 saturated carbocycles. The lowest BCUT2D eigenvalue weighted by Crippen LogP contribution is -2.16. The van der Waals surface area contributed by atoms with Crippen molar-refractivity contribution in [3.05, 3.63) is 78.2 Å². The van der Waals surface area contributed by atoms with Gasteiger partial charge < -0.3 is 11.1 Å². The molecule has 168 valence electrons. The van der Waals surface area contributed by atoms with Gasteiger partial charge in [-0.05, 0) is 30.3 Å². The maximum Gasteiger partial charge on any atom is 0.418 e. The molecule has 0 spiro atoms. The highest BCUT2D eigenvalue weighted by atomic mass is 19.4. The molecule has 0 radical (unpaired) electrons. The number of alkyl halides is 3. The first-order valence-corrected chi connectivity index (χ1v) is 9.91. The van der Waals surface area contributed by atoms with Gasteiger partial charge in [0, 0.05) is 17.8 Å². The van der Waals surface area contributed by atoms with E-state index in [2.05, 4.69) is 30.2 Å². The molecular formula is C23H14F3N7O. The number of aromatic nitrogens is 5. The number of para-hydroxylation sites is 1. The molecule has 4 heterocycles. The fourth-order valence-electron chi connectivity index (χ4n) is 3.43. The molecule has 1 aromatic carbocycles. The predicted molar refractivity (Wildman–Crippen MR) is 119 cm³/mol. The van der Waals surface area contributed by atoms with Gasteiger partial charge in [0.15, 0.2) is 5.65 Å². The number of hydrogen-bond donors (Lipinski definition) is 2. The lowest BCUT2D eigenvalue weighted by molar-refractivity contribution is -0.137. The number of halogens is 3. The molecule has 0 bridgehead atoms. The van der Waals surface area contributed by atoms with Gasteiger partial charge in [-0.25, -0.2) is 19.9 Å². The smallest absolute Gasteiger partial charge is 0.366 e. The molecule has 34 heavy (non-hydrogen) atoms. The Morgan fingerprint density at radius 2 is 1.76 bits per heavy atom. The number of fused-ring (bicyclic) bond motifs is 2. The Kier molecular flexibility index (Phi) is 5.01. The van der Waals surface area contributed by atoms with E-state index in [-0.39, 0.29) is 16.9 Å². The first kappa shape index (κ1) is 21.2. The Hall–Kier alpha value is -4.67. The van der Waals surface area contributed by atoms with Crippen molar-refractivity contribution < 1.29 is 18.0 Å². The van der Waals surface area contributed by atoms with Crippen LogP contribution in [0.15, 0.2) is 67.1 Å². The zero-order chi connectivity index (χ0) is 23.9. The average Bonchev–Trinajstić information content (AvgIpc) is 2.83.